The lowest BCUT2D eigenvalue weighted by Crippen LogP contribution is -2.39. The quantitative estimate of drug-likeness (QED) is 0.506. The average Bonchev–Trinajstić information content (AvgIpc) is 3.31. The standard InChI is InChI=1S/C22H23N5O/c28-22(21-16-8-1-2-9-17(16)26-27-21)23-15-7-5-6-14(12-15)13-20-24-18-10-3-4-11-19(18)25-20/h1-4,8-11,14-15H,5-7,12-13H2,(H,23,28)(H,24,25)(H,26,27)/t14-,15?/m0/s1. The molecule has 5 rings (SSSR count). The molecule has 2 aromatic heterocycles. The third kappa shape index (κ3) is 3.26. The molecule has 1 fully saturated rings. The van der Waals surface area contributed by atoms with Crippen LogP contribution in [-0.4, -0.2) is 32.1 Å². The van der Waals surface area contributed by atoms with E-state index in [2.05, 4.69) is 26.6 Å². The van der Waals surface area contributed by atoms with E-state index in [1.807, 2.05) is 42.5 Å². The van der Waals surface area contributed by atoms with Gasteiger partial charge in [-0.05, 0) is 43.4 Å². The van der Waals surface area contributed by atoms with Crippen molar-refractivity contribution in [1.29, 1.82) is 0 Å². The number of H-pyrrole nitrogens is 2. The van der Waals surface area contributed by atoms with Crippen molar-refractivity contribution in [3.8, 4) is 0 Å². The van der Waals surface area contributed by atoms with Crippen LogP contribution in [0.3, 0.4) is 0 Å². The number of hydrogen-bond donors (Lipinski definition) is 3. The number of para-hydroxylation sites is 3. The Morgan fingerprint density at radius 2 is 1.89 bits per heavy atom. The largest absolute Gasteiger partial charge is 0.348 e. The summed E-state index contributed by atoms with van der Waals surface area (Å²) in [6.45, 7) is 0. The summed E-state index contributed by atoms with van der Waals surface area (Å²) in [5.74, 6) is 1.47. The van der Waals surface area contributed by atoms with E-state index >= 15 is 0 Å². The Morgan fingerprint density at radius 1 is 1.07 bits per heavy atom. The predicted octanol–water partition coefficient (Wildman–Crippen LogP) is 3.97. The molecule has 0 radical (unpaired) electrons. The van der Waals surface area contributed by atoms with Crippen molar-refractivity contribution in [3.63, 3.8) is 0 Å². The number of amides is 1. The number of imidazole rings is 1. The minimum atomic E-state index is -0.0909. The molecule has 0 saturated heterocycles. The lowest BCUT2D eigenvalue weighted by Gasteiger charge is -2.29. The monoisotopic (exact) mass is 373 g/mol. The van der Waals surface area contributed by atoms with Gasteiger partial charge < -0.3 is 10.3 Å². The van der Waals surface area contributed by atoms with Crippen LogP contribution >= 0.6 is 0 Å². The number of fused-ring (bicyclic) bond motifs is 2. The molecule has 1 saturated carbocycles. The van der Waals surface area contributed by atoms with Gasteiger partial charge in [-0.15, -0.1) is 0 Å². The molecule has 3 N–H and O–H groups in total. The first kappa shape index (κ1) is 17.0. The lowest BCUT2D eigenvalue weighted by atomic mass is 9.83. The van der Waals surface area contributed by atoms with Crippen molar-refractivity contribution in [2.75, 3.05) is 0 Å². The number of aromatic amines is 2. The van der Waals surface area contributed by atoms with Gasteiger partial charge in [0.25, 0.3) is 5.91 Å². The molecule has 1 amide bonds. The fourth-order valence-electron chi connectivity index (χ4n) is 4.37. The van der Waals surface area contributed by atoms with Crippen molar-refractivity contribution in [2.24, 2.45) is 5.92 Å². The van der Waals surface area contributed by atoms with Crippen LogP contribution in [0.2, 0.25) is 0 Å². The number of nitrogens with zero attached hydrogens (tertiary/aromatic N) is 2. The zero-order chi connectivity index (χ0) is 18.9. The Balaban J connectivity index is 1.26. The molecule has 0 spiro atoms. The highest BCUT2D eigenvalue weighted by molar-refractivity contribution is 6.04. The van der Waals surface area contributed by atoms with E-state index in [1.54, 1.807) is 0 Å². The van der Waals surface area contributed by atoms with Crippen LogP contribution in [0.4, 0.5) is 0 Å². The van der Waals surface area contributed by atoms with Gasteiger partial charge in [-0.25, -0.2) is 4.98 Å². The van der Waals surface area contributed by atoms with Crippen LogP contribution in [0.25, 0.3) is 21.9 Å². The number of benzene rings is 2. The lowest BCUT2D eigenvalue weighted by molar-refractivity contribution is 0.0916. The summed E-state index contributed by atoms with van der Waals surface area (Å²) in [6.07, 6.45) is 5.22. The molecule has 1 unspecified atom stereocenters. The van der Waals surface area contributed by atoms with Crippen LogP contribution < -0.4 is 5.32 Å². The number of hydrogen-bond acceptors (Lipinski definition) is 3. The zero-order valence-corrected chi connectivity index (χ0v) is 15.6. The molecule has 142 valence electrons. The molecular formula is C22H23N5O. The number of rotatable bonds is 4. The summed E-state index contributed by atoms with van der Waals surface area (Å²) in [4.78, 5) is 20.9. The highest BCUT2D eigenvalue weighted by Crippen LogP contribution is 2.28. The summed E-state index contributed by atoms with van der Waals surface area (Å²) in [6, 6.07) is 16.0. The van der Waals surface area contributed by atoms with Gasteiger partial charge >= 0.3 is 0 Å². The topological polar surface area (TPSA) is 86.5 Å². The first-order chi connectivity index (χ1) is 13.8. The average molecular weight is 373 g/mol. The third-order valence-electron chi connectivity index (χ3n) is 5.72. The van der Waals surface area contributed by atoms with Gasteiger partial charge in [0.1, 0.15) is 5.82 Å². The minimum absolute atomic E-state index is 0.0909. The molecule has 6 heteroatoms. The van der Waals surface area contributed by atoms with E-state index in [-0.39, 0.29) is 11.9 Å². The van der Waals surface area contributed by atoms with Gasteiger partial charge in [0.2, 0.25) is 0 Å². The summed E-state index contributed by atoms with van der Waals surface area (Å²) < 4.78 is 0. The maximum absolute atomic E-state index is 12.8. The Labute approximate surface area is 162 Å². The third-order valence-corrected chi connectivity index (χ3v) is 5.72. The van der Waals surface area contributed by atoms with E-state index < -0.39 is 0 Å². The molecule has 6 nitrogen and oxygen atoms in total. The van der Waals surface area contributed by atoms with Gasteiger partial charge in [0, 0.05) is 17.8 Å². The number of aromatic nitrogens is 4. The van der Waals surface area contributed by atoms with Gasteiger partial charge in [-0.3, -0.25) is 9.89 Å². The van der Waals surface area contributed by atoms with E-state index in [9.17, 15) is 4.79 Å². The van der Waals surface area contributed by atoms with Crippen LogP contribution in [-0.2, 0) is 6.42 Å². The minimum Gasteiger partial charge on any atom is -0.348 e. The molecule has 2 heterocycles. The smallest absolute Gasteiger partial charge is 0.272 e. The first-order valence-electron chi connectivity index (χ1n) is 9.94. The van der Waals surface area contributed by atoms with Crippen LogP contribution in [0.5, 0.6) is 0 Å². The fraction of sp³-hybridized carbons (Fsp3) is 0.318. The molecule has 0 bridgehead atoms. The van der Waals surface area contributed by atoms with Crippen molar-refractivity contribution in [1.82, 2.24) is 25.5 Å². The predicted molar refractivity (Wildman–Crippen MR) is 109 cm³/mol. The Morgan fingerprint density at radius 3 is 2.79 bits per heavy atom. The molecule has 1 aliphatic rings. The number of carbonyl (C=O) groups excluding carboxylic acids is 1. The van der Waals surface area contributed by atoms with Crippen LogP contribution in [0.1, 0.15) is 42.0 Å². The SMILES string of the molecule is O=C(NC1CCC[C@H](Cc2nc3ccccc3[nH]2)C1)c1n[nH]c2ccccc12. The molecular weight excluding hydrogens is 350 g/mol. The van der Waals surface area contributed by atoms with Crippen LogP contribution in [0.15, 0.2) is 48.5 Å². The van der Waals surface area contributed by atoms with Gasteiger partial charge in [-0.2, -0.15) is 5.10 Å². The normalized spacial score (nSPS) is 19.9. The second-order valence-electron chi connectivity index (χ2n) is 7.73. The molecule has 2 aromatic carbocycles. The molecule has 2 atom stereocenters. The van der Waals surface area contributed by atoms with Crippen molar-refractivity contribution >= 4 is 27.8 Å². The first-order valence-corrected chi connectivity index (χ1v) is 9.94. The second-order valence-corrected chi connectivity index (χ2v) is 7.73. The van der Waals surface area contributed by atoms with Crippen molar-refractivity contribution < 1.29 is 4.79 Å². The van der Waals surface area contributed by atoms with Gasteiger partial charge in [0.15, 0.2) is 5.69 Å². The van der Waals surface area contributed by atoms with E-state index in [0.29, 0.717) is 11.6 Å². The van der Waals surface area contributed by atoms with E-state index in [1.165, 1.54) is 6.42 Å². The maximum atomic E-state index is 12.8. The molecule has 4 aromatic rings. The highest BCUT2D eigenvalue weighted by atomic mass is 16.2. The highest BCUT2D eigenvalue weighted by Gasteiger charge is 2.26. The number of carbonyl (C=O) groups is 1. The Hall–Kier alpha value is -3.15. The molecule has 0 aliphatic heterocycles. The summed E-state index contributed by atoms with van der Waals surface area (Å²) in [5.41, 5.74) is 3.47. The van der Waals surface area contributed by atoms with Crippen LogP contribution in [0, 0.1) is 5.92 Å². The van der Waals surface area contributed by atoms with Gasteiger partial charge in [0.05, 0.1) is 16.6 Å². The maximum Gasteiger partial charge on any atom is 0.272 e. The summed E-state index contributed by atoms with van der Waals surface area (Å²) >= 11 is 0. The Bertz CT molecular complexity index is 1100. The van der Waals surface area contributed by atoms with Crippen molar-refractivity contribution in [3.05, 3.63) is 60.0 Å². The van der Waals surface area contributed by atoms with Crippen molar-refractivity contribution in [2.45, 2.75) is 38.1 Å². The fourth-order valence-corrected chi connectivity index (χ4v) is 4.37. The summed E-state index contributed by atoms with van der Waals surface area (Å²) in [5, 5.41) is 11.2. The second kappa shape index (κ2) is 7.11. The Kier molecular flexibility index (Phi) is 4.31. The molecule has 28 heavy (non-hydrogen) atoms. The zero-order valence-electron chi connectivity index (χ0n) is 15.6. The number of nitrogens with one attached hydrogen (secondary N) is 3. The molecule has 1 aliphatic carbocycles. The van der Waals surface area contributed by atoms with E-state index in [4.69, 9.17) is 4.98 Å². The van der Waals surface area contributed by atoms with E-state index in [0.717, 1.165) is 53.4 Å². The van der Waals surface area contributed by atoms with Gasteiger partial charge in [-0.1, -0.05) is 36.8 Å². The summed E-state index contributed by atoms with van der Waals surface area (Å²) in [7, 11) is 0.